The fourth-order valence-corrected chi connectivity index (χ4v) is 1.95. The lowest BCUT2D eigenvalue weighted by atomic mass is 10.2. The van der Waals surface area contributed by atoms with Gasteiger partial charge in [0.05, 0.1) is 12.2 Å². The highest BCUT2D eigenvalue weighted by Crippen LogP contribution is 2.42. The van der Waals surface area contributed by atoms with E-state index in [4.69, 9.17) is 0 Å². The minimum absolute atomic E-state index is 0.0252. The van der Waals surface area contributed by atoms with Gasteiger partial charge in [-0.05, 0) is 31.2 Å². The predicted molar refractivity (Wildman–Crippen MR) is 68.9 cm³/mol. The summed E-state index contributed by atoms with van der Waals surface area (Å²) in [6.45, 7) is 2.41. The van der Waals surface area contributed by atoms with Gasteiger partial charge in [-0.15, -0.1) is 8.78 Å². The second-order valence-electron chi connectivity index (χ2n) is 4.45. The Balaban J connectivity index is 1.71. The topological polar surface area (TPSA) is 43.4 Å². The van der Waals surface area contributed by atoms with Crippen LogP contribution in [0.25, 0.3) is 0 Å². The standard InChI is InChI=1S/C14H12F2N2O2/c1-9-3-2-4-11(18-9)8-17-10-5-6-12-13(7-10)20-14(15,16)19-12/h2-7,17H,8H2,1H3. The number of alkyl halides is 2. The molecule has 3 rings (SSSR count). The molecule has 1 aliphatic rings. The first kappa shape index (κ1) is 12.7. The highest BCUT2D eigenvalue weighted by Gasteiger charge is 2.43. The number of hydrogen-bond donors (Lipinski definition) is 1. The van der Waals surface area contributed by atoms with Crippen LogP contribution < -0.4 is 14.8 Å². The molecule has 4 nitrogen and oxygen atoms in total. The van der Waals surface area contributed by atoms with Crippen molar-refractivity contribution in [2.75, 3.05) is 5.32 Å². The molecule has 20 heavy (non-hydrogen) atoms. The zero-order chi connectivity index (χ0) is 14.2. The molecule has 1 aromatic heterocycles. The fraction of sp³-hybridized carbons (Fsp3) is 0.214. The van der Waals surface area contributed by atoms with E-state index in [2.05, 4.69) is 19.8 Å². The maximum Gasteiger partial charge on any atom is 0.586 e. The molecular formula is C14H12F2N2O2. The number of anilines is 1. The van der Waals surface area contributed by atoms with E-state index in [1.165, 1.54) is 12.1 Å². The van der Waals surface area contributed by atoms with Crippen molar-refractivity contribution in [1.82, 2.24) is 4.98 Å². The lowest BCUT2D eigenvalue weighted by Crippen LogP contribution is -2.25. The molecule has 0 fully saturated rings. The number of halogens is 2. The average Bonchev–Trinajstić information content (AvgIpc) is 2.69. The molecule has 1 N–H and O–H groups in total. The summed E-state index contributed by atoms with van der Waals surface area (Å²) in [6.07, 6.45) is -3.58. The third-order valence-corrected chi connectivity index (χ3v) is 2.82. The Kier molecular flexibility index (Phi) is 2.93. The zero-order valence-corrected chi connectivity index (χ0v) is 10.7. The quantitative estimate of drug-likeness (QED) is 0.935. The first-order valence-corrected chi connectivity index (χ1v) is 6.08. The van der Waals surface area contributed by atoms with E-state index >= 15 is 0 Å². The van der Waals surface area contributed by atoms with Crippen molar-refractivity contribution < 1.29 is 18.3 Å². The molecule has 0 saturated heterocycles. The van der Waals surface area contributed by atoms with E-state index in [0.29, 0.717) is 12.2 Å². The second-order valence-corrected chi connectivity index (χ2v) is 4.45. The number of fused-ring (bicyclic) bond motifs is 1. The van der Waals surface area contributed by atoms with Crippen LogP contribution in [0.2, 0.25) is 0 Å². The van der Waals surface area contributed by atoms with Crippen LogP contribution in [-0.2, 0) is 6.54 Å². The number of aryl methyl sites for hydroxylation is 1. The van der Waals surface area contributed by atoms with Gasteiger partial charge in [-0.25, -0.2) is 0 Å². The minimum atomic E-state index is -3.58. The van der Waals surface area contributed by atoms with Gasteiger partial charge in [0.15, 0.2) is 11.5 Å². The van der Waals surface area contributed by atoms with Gasteiger partial charge >= 0.3 is 6.29 Å². The van der Waals surface area contributed by atoms with Crippen LogP contribution in [0.15, 0.2) is 36.4 Å². The van der Waals surface area contributed by atoms with E-state index < -0.39 is 6.29 Å². The maximum atomic E-state index is 12.9. The SMILES string of the molecule is Cc1cccc(CNc2ccc3c(c2)OC(F)(F)O3)n1. The molecule has 2 aromatic rings. The van der Waals surface area contributed by atoms with Crippen molar-refractivity contribution in [3.05, 3.63) is 47.8 Å². The van der Waals surface area contributed by atoms with E-state index in [9.17, 15) is 8.78 Å². The molecule has 0 saturated carbocycles. The molecule has 1 aliphatic heterocycles. The summed E-state index contributed by atoms with van der Waals surface area (Å²) < 4.78 is 34.5. The van der Waals surface area contributed by atoms with Crippen LogP contribution in [0.4, 0.5) is 14.5 Å². The first-order valence-electron chi connectivity index (χ1n) is 6.08. The van der Waals surface area contributed by atoms with Crippen LogP contribution in [0.5, 0.6) is 11.5 Å². The molecule has 0 atom stereocenters. The largest absolute Gasteiger partial charge is 0.586 e. The molecule has 1 aromatic carbocycles. The van der Waals surface area contributed by atoms with Crippen LogP contribution in [0, 0.1) is 6.92 Å². The lowest BCUT2D eigenvalue weighted by Gasteiger charge is -2.07. The first-order chi connectivity index (χ1) is 9.52. The van der Waals surface area contributed by atoms with Crippen molar-refractivity contribution in [2.24, 2.45) is 0 Å². The molecule has 0 spiro atoms. The van der Waals surface area contributed by atoms with Crippen LogP contribution in [0.1, 0.15) is 11.4 Å². The summed E-state index contributed by atoms with van der Waals surface area (Å²) >= 11 is 0. The van der Waals surface area contributed by atoms with Gasteiger partial charge in [0, 0.05) is 17.4 Å². The molecule has 0 amide bonds. The van der Waals surface area contributed by atoms with E-state index in [1.807, 2.05) is 25.1 Å². The molecular weight excluding hydrogens is 266 g/mol. The van der Waals surface area contributed by atoms with Gasteiger partial charge in [0.25, 0.3) is 0 Å². The molecule has 2 heterocycles. The number of benzene rings is 1. The Bertz CT molecular complexity index is 647. The van der Waals surface area contributed by atoms with Crippen LogP contribution >= 0.6 is 0 Å². The number of hydrogen-bond acceptors (Lipinski definition) is 4. The molecule has 6 heteroatoms. The number of nitrogens with one attached hydrogen (secondary N) is 1. The van der Waals surface area contributed by atoms with Crippen LogP contribution in [-0.4, -0.2) is 11.3 Å². The Morgan fingerprint density at radius 2 is 1.95 bits per heavy atom. The van der Waals surface area contributed by atoms with Gasteiger partial charge in [-0.1, -0.05) is 6.07 Å². The number of rotatable bonds is 3. The van der Waals surface area contributed by atoms with Crippen molar-refractivity contribution in [3.8, 4) is 11.5 Å². The van der Waals surface area contributed by atoms with Gasteiger partial charge in [0.1, 0.15) is 0 Å². The van der Waals surface area contributed by atoms with Crippen molar-refractivity contribution in [1.29, 1.82) is 0 Å². The Labute approximate surface area is 114 Å². The summed E-state index contributed by atoms with van der Waals surface area (Å²) in [5.74, 6) is 0.0615. The molecule has 0 bridgehead atoms. The second kappa shape index (κ2) is 4.63. The van der Waals surface area contributed by atoms with Crippen molar-refractivity contribution in [2.45, 2.75) is 19.8 Å². The smallest absolute Gasteiger partial charge is 0.395 e. The summed E-state index contributed by atoms with van der Waals surface area (Å²) in [4.78, 5) is 4.35. The fourth-order valence-electron chi connectivity index (χ4n) is 1.95. The lowest BCUT2D eigenvalue weighted by molar-refractivity contribution is -0.286. The maximum absolute atomic E-state index is 12.9. The predicted octanol–water partition coefficient (Wildman–Crippen LogP) is 3.32. The minimum Gasteiger partial charge on any atom is -0.395 e. The summed E-state index contributed by atoms with van der Waals surface area (Å²) in [5, 5.41) is 3.10. The Morgan fingerprint density at radius 3 is 2.75 bits per heavy atom. The Morgan fingerprint density at radius 1 is 1.15 bits per heavy atom. The highest BCUT2D eigenvalue weighted by molar-refractivity contribution is 5.56. The van der Waals surface area contributed by atoms with E-state index in [1.54, 1.807) is 6.07 Å². The number of pyridine rings is 1. The average molecular weight is 278 g/mol. The van der Waals surface area contributed by atoms with Crippen molar-refractivity contribution in [3.63, 3.8) is 0 Å². The van der Waals surface area contributed by atoms with Gasteiger partial charge in [-0.3, -0.25) is 4.98 Å². The Hall–Kier alpha value is -2.37. The van der Waals surface area contributed by atoms with Crippen LogP contribution in [0.3, 0.4) is 0 Å². The third kappa shape index (κ3) is 2.64. The van der Waals surface area contributed by atoms with Gasteiger partial charge in [-0.2, -0.15) is 0 Å². The molecule has 0 aliphatic carbocycles. The number of aromatic nitrogens is 1. The van der Waals surface area contributed by atoms with Crippen molar-refractivity contribution >= 4 is 5.69 Å². The zero-order valence-electron chi connectivity index (χ0n) is 10.7. The highest BCUT2D eigenvalue weighted by atomic mass is 19.3. The summed E-state index contributed by atoms with van der Waals surface area (Å²) in [6, 6.07) is 10.3. The number of ether oxygens (including phenoxy) is 2. The third-order valence-electron chi connectivity index (χ3n) is 2.82. The number of nitrogens with zero attached hydrogens (tertiary/aromatic N) is 1. The summed E-state index contributed by atoms with van der Waals surface area (Å²) in [5.41, 5.74) is 2.45. The van der Waals surface area contributed by atoms with Gasteiger partial charge < -0.3 is 14.8 Å². The molecule has 0 radical (unpaired) electrons. The van der Waals surface area contributed by atoms with Gasteiger partial charge in [0.2, 0.25) is 0 Å². The molecule has 0 unspecified atom stereocenters. The summed E-state index contributed by atoms with van der Waals surface area (Å²) in [7, 11) is 0. The normalized spacial score (nSPS) is 15.2. The monoisotopic (exact) mass is 278 g/mol. The molecule has 104 valence electrons. The van der Waals surface area contributed by atoms with E-state index in [0.717, 1.165) is 11.4 Å². The van der Waals surface area contributed by atoms with E-state index in [-0.39, 0.29) is 11.5 Å².